The van der Waals surface area contributed by atoms with E-state index in [9.17, 15) is 13.2 Å². The fraction of sp³-hybridized carbons (Fsp3) is 0.235. The van der Waals surface area contributed by atoms with Crippen LogP contribution in [0.15, 0.2) is 40.4 Å². The Labute approximate surface area is 135 Å². The predicted molar refractivity (Wildman–Crippen MR) is 80.8 cm³/mol. The van der Waals surface area contributed by atoms with Gasteiger partial charge in [0, 0.05) is 0 Å². The molecule has 1 heterocycles. The average Bonchev–Trinajstić information content (AvgIpc) is 2.79. The van der Waals surface area contributed by atoms with Crippen LogP contribution in [0.5, 0.6) is 11.6 Å². The van der Waals surface area contributed by atoms with Gasteiger partial charge in [-0.05, 0) is 53.4 Å². The summed E-state index contributed by atoms with van der Waals surface area (Å²) in [6, 6.07) is 5.82. The van der Waals surface area contributed by atoms with Gasteiger partial charge in [0.05, 0.1) is 12.3 Å². The van der Waals surface area contributed by atoms with Crippen molar-refractivity contribution in [2.45, 2.75) is 19.2 Å². The Morgan fingerprint density at radius 2 is 1.92 bits per heavy atom. The highest BCUT2D eigenvalue weighted by Gasteiger charge is 2.30. The van der Waals surface area contributed by atoms with Gasteiger partial charge in [-0.3, -0.25) is 0 Å². The Morgan fingerprint density at radius 3 is 2.58 bits per heavy atom. The van der Waals surface area contributed by atoms with Crippen LogP contribution >= 0.6 is 0 Å². The second kappa shape index (κ2) is 6.43. The summed E-state index contributed by atoms with van der Waals surface area (Å²) in [6.45, 7) is 0. The van der Waals surface area contributed by atoms with Crippen molar-refractivity contribution in [2.75, 3.05) is 7.11 Å². The number of hydrogen-bond acceptors (Lipinski definition) is 4. The van der Waals surface area contributed by atoms with E-state index in [-0.39, 0.29) is 5.75 Å². The molecule has 24 heavy (non-hydrogen) atoms. The maximum Gasteiger partial charge on any atom is 0.573 e. The third-order valence-corrected chi connectivity index (χ3v) is 3.49. The van der Waals surface area contributed by atoms with E-state index in [1.807, 2.05) is 18.2 Å². The first-order valence-electron chi connectivity index (χ1n) is 7.20. The number of methoxy groups -OCH3 is 1. The van der Waals surface area contributed by atoms with E-state index in [4.69, 9.17) is 9.26 Å². The summed E-state index contributed by atoms with van der Waals surface area (Å²) in [6.07, 6.45) is 2.38. The van der Waals surface area contributed by atoms with Gasteiger partial charge in [0.15, 0.2) is 5.42 Å². The molecule has 0 N–H and O–H groups in total. The van der Waals surface area contributed by atoms with E-state index in [0.717, 1.165) is 16.4 Å². The third-order valence-electron chi connectivity index (χ3n) is 3.49. The molecule has 1 aromatic heterocycles. The highest BCUT2D eigenvalue weighted by Crippen LogP contribution is 2.23. The Hall–Kier alpha value is -2.70. The van der Waals surface area contributed by atoms with Crippen molar-refractivity contribution in [1.82, 2.24) is 5.16 Å². The van der Waals surface area contributed by atoms with Gasteiger partial charge in [-0.2, -0.15) is 0 Å². The average molecular weight is 337 g/mol. The van der Waals surface area contributed by atoms with Crippen molar-refractivity contribution < 1.29 is 27.2 Å². The summed E-state index contributed by atoms with van der Waals surface area (Å²) >= 11 is 0. The second-order valence-electron chi connectivity index (χ2n) is 5.20. The molecule has 0 amide bonds. The number of ether oxygens (including phenoxy) is 2. The molecule has 0 bridgehead atoms. The second-order valence-corrected chi connectivity index (χ2v) is 5.20. The van der Waals surface area contributed by atoms with Crippen molar-refractivity contribution in [1.29, 1.82) is 0 Å². The van der Waals surface area contributed by atoms with E-state index in [2.05, 4.69) is 9.89 Å². The molecular formula is C17H14F3NO3. The molecular weight excluding hydrogens is 323 g/mol. The summed E-state index contributed by atoms with van der Waals surface area (Å²) in [4.78, 5) is 0. The minimum atomic E-state index is -4.68. The number of aromatic nitrogens is 1. The minimum absolute atomic E-state index is 0.235. The molecule has 126 valence electrons. The maximum atomic E-state index is 12.2. The lowest BCUT2D eigenvalue weighted by molar-refractivity contribution is -0.274. The first kappa shape index (κ1) is 16.2. The Morgan fingerprint density at radius 1 is 1.17 bits per heavy atom. The van der Waals surface area contributed by atoms with Crippen molar-refractivity contribution in [3.8, 4) is 11.6 Å². The van der Waals surface area contributed by atoms with E-state index in [1.54, 1.807) is 12.1 Å². The minimum Gasteiger partial charge on any atom is -0.478 e. The summed E-state index contributed by atoms with van der Waals surface area (Å²) < 4.78 is 50.8. The van der Waals surface area contributed by atoms with Gasteiger partial charge in [0.1, 0.15) is 5.75 Å². The number of halogens is 3. The van der Waals surface area contributed by atoms with Gasteiger partial charge in [-0.25, -0.2) is 0 Å². The lowest BCUT2D eigenvalue weighted by atomic mass is 10.0. The molecule has 0 saturated carbocycles. The molecule has 1 aromatic carbocycles. The summed E-state index contributed by atoms with van der Waals surface area (Å²) in [5, 5.41) is 4.60. The maximum absolute atomic E-state index is 12.2. The van der Waals surface area contributed by atoms with Crippen molar-refractivity contribution >= 4 is 12.2 Å². The van der Waals surface area contributed by atoms with Gasteiger partial charge >= 0.3 is 6.36 Å². The Balaban J connectivity index is 1.80. The SMILES string of the molecule is COc1noc2c1=CC(Cc1ccc(OC(F)(F)F)cc1)=CCC=2. The molecule has 1 aliphatic carbocycles. The van der Waals surface area contributed by atoms with Crippen LogP contribution in [0.2, 0.25) is 0 Å². The van der Waals surface area contributed by atoms with E-state index in [1.165, 1.54) is 19.2 Å². The zero-order valence-electron chi connectivity index (χ0n) is 12.8. The topological polar surface area (TPSA) is 44.5 Å². The van der Waals surface area contributed by atoms with Gasteiger partial charge in [0.2, 0.25) is 0 Å². The third kappa shape index (κ3) is 3.79. The number of fused-ring (bicyclic) bond motifs is 1. The number of rotatable bonds is 4. The summed E-state index contributed by atoms with van der Waals surface area (Å²) in [5.41, 5.74) is 2.51. The van der Waals surface area contributed by atoms with Crippen LogP contribution in [-0.4, -0.2) is 18.6 Å². The summed E-state index contributed by atoms with van der Waals surface area (Å²) in [5.74, 6) is 0.171. The number of allylic oxidation sites excluding steroid dienone is 2. The molecule has 0 unspecified atom stereocenters. The molecule has 0 fully saturated rings. The van der Waals surface area contributed by atoms with Gasteiger partial charge in [0.25, 0.3) is 5.88 Å². The van der Waals surface area contributed by atoms with E-state index in [0.29, 0.717) is 24.1 Å². The lowest BCUT2D eigenvalue weighted by Gasteiger charge is -2.09. The highest BCUT2D eigenvalue weighted by molar-refractivity contribution is 5.54. The quantitative estimate of drug-likeness (QED) is 0.861. The molecule has 3 rings (SSSR count). The van der Waals surface area contributed by atoms with Gasteiger partial charge < -0.3 is 14.0 Å². The molecule has 1 aliphatic rings. The normalized spacial score (nSPS) is 13.9. The van der Waals surface area contributed by atoms with E-state index < -0.39 is 6.36 Å². The molecule has 2 aromatic rings. The zero-order valence-corrected chi connectivity index (χ0v) is 12.8. The van der Waals surface area contributed by atoms with Crippen LogP contribution in [0.4, 0.5) is 13.2 Å². The lowest BCUT2D eigenvalue weighted by Crippen LogP contribution is -2.20. The molecule has 7 heteroatoms. The van der Waals surface area contributed by atoms with Crippen molar-refractivity contribution in [2.24, 2.45) is 0 Å². The van der Waals surface area contributed by atoms with Crippen LogP contribution in [0.25, 0.3) is 12.2 Å². The molecule has 0 aliphatic heterocycles. The molecule has 0 spiro atoms. The zero-order chi connectivity index (χ0) is 17.2. The molecule has 4 nitrogen and oxygen atoms in total. The standard InChI is InChI=1S/C17H14F3NO3/c1-22-16-14-10-12(3-2-4-15(14)24-21-16)9-11-5-7-13(8-6-11)23-17(18,19)20/h3-8,10H,2,9H2,1H3. The van der Waals surface area contributed by atoms with E-state index >= 15 is 0 Å². The Kier molecular flexibility index (Phi) is 4.33. The van der Waals surface area contributed by atoms with Crippen LogP contribution in [-0.2, 0) is 6.42 Å². The number of alkyl halides is 3. The van der Waals surface area contributed by atoms with Crippen LogP contribution in [0.1, 0.15) is 12.0 Å². The molecule has 0 atom stereocenters. The smallest absolute Gasteiger partial charge is 0.478 e. The number of hydrogen-bond donors (Lipinski definition) is 0. The molecule has 0 radical (unpaired) electrons. The first-order chi connectivity index (χ1) is 11.4. The van der Waals surface area contributed by atoms with Crippen molar-refractivity contribution in [3.63, 3.8) is 0 Å². The van der Waals surface area contributed by atoms with Gasteiger partial charge in [-0.1, -0.05) is 18.2 Å². The highest BCUT2D eigenvalue weighted by atomic mass is 19.4. The molecule has 0 saturated heterocycles. The monoisotopic (exact) mass is 337 g/mol. The summed E-state index contributed by atoms with van der Waals surface area (Å²) in [7, 11) is 1.51. The fourth-order valence-electron chi connectivity index (χ4n) is 2.45. The van der Waals surface area contributed by atoms with Crippen LogP contribution in [0, 0.1) is 0 Å². The first-order valence-corrected chi connectivity index (χ1v) is 7.20. The van der Waals surface area contributed by atoms with Crippen LogP contribution < -0.4 is 20.1 Å². The van der Waals surface area contributed by atoms with Gasteiger partial charge in [-0.15, -0.1) is 13.2 Å². The largest absolute Gasteiger partial charge is 0.573 e. The Bertz CT molecular complexity index is 864. The number of nitrogens with zero attached hydrogens (tertiary/aromatic N) is 1. The van der Waals surface area contributed by atoms with Crippen LogP contribution in [0.3, 0.4) is 0 Å². The van der Waals surface area contributed by atoms with Crippen molar-refractivity contribution in [3.05, 3.63) is 52.1 Å². The predicted octanol–water partition coefficient (Wildman–Crippen LogP) is 2.72. The fourth-order valence-corrected chi connectivity index (χ4v) is 2.45. The number of benzene rings is 1.